The van der Waals surface area contributed by atoms with Crippen LogP contribution in [0.1, 0.15) is 16.1 Å². The van der Waals surface area contributed by atoms with E-state index in [9.17, 15) is 9.59 Å². The van der Waals surface area contributed by atoms with Crippen LogP contribution in [0.5, 0.6) is 0 Å². The van der Waals surface area contributed by atoms with Crippen molar-refractivity contribution >= 4 is 22.5 Å². The first kappa shape index (κ1) is 15.8. The number of aromatic nitrogens is 3. The van der Waals surface area contributed by atoms with Gasteiger partial charge in [-0.1, -0.05) is 30.3 Å². The number of aromatic amines is 1. The number of fused-ring (bicyclic) bond motifs is 1. The van der Waals surface area contributed by atoms with Gasteiger partial charge in [-0.3, -0.25) is 9.36 Å². The zero-order valence-corrected chi connectivity index (χ0v) is 13.8. The van der Waals surface area contributed by atoms with E-state index >= 15 is 0 Å². The second-order valence-corrected chi connectivity index (χ2v) is 5.95. The largest absolute Gasteiger partial charge is 0.351 e. The highest BCUT2D eigenvalue weighted by atomic mass is 16.2. The zero-order chi connectivity index (χ0) is 17.9. The molecule has 0 bridgehead atoms. The molecule has 26 heavy (non-hydrogen) atoms. The first-order valence-electron chi connectivity index (χ1n) is 8.18. The zero-order valence-electron chi connectivity index (χ0n) is 13.8. The Labute approximate surface area is 149 Å². The van der Waals surface area contributed by atoms with Crippen molar-refractivity contribution in [2.24, 2.45) is 0 Å². The molecule has 6 nitrogen and oxygen atoms in total. The minimum absolute atomic E-state index is 0.211. The average molecular weight is 344 g/mol. The highest BCUT2D eigenvalue weighted by Gasteiger charge is 2.10. The Balaban J connectivity index is 1.54. The molecule has 0 aliphatic rings. The van der Waals surface area contributed by atoms with Gasteiger partial charge in [-0.25, -0.2) is 9.78 Å². The van der Waals surface area contributed by atoms with Crippen LogP contribution in [0, 0.1) is 0 Å². The van der Waals surface area contributed by atoms with Gasteiger partial charge in [-0.15, -0.1) is 0 Å². The molecular weight excluding hydrogens is 328 g/mol. The van der Waals surface area contributed by atoms with Crippen molar-refractivity contribution in [3.05, 3.63) is 94.8 Å². The lowest BCUT2D eigenvalue weighted by molar-refractivity contribution is 0.102. The Bertz CT molecular complexity index is 1110. The molecule has 0 atom stereocenters. The molecule has 0 saturated carbocycles. The molecule has 6 heteroatoms. The van der Waals surface area contributed by atoms with Crippen LogP contribution in [-0.4, -0.2) is 20.4 Å². The molecule has 128 valence electrons. The molecule has 4 rings (SSSR count). The van der Waals surface area contributed by atoms with Crippen molar-refractivity contribution < 1.29 is 4.79 Å². The summed E-state index contributed by atoms with van der Waals surface area (Å²) in [6.45, 7) is 0.392. The molecule has 2 aromatic carbocycles. The predicted molar refractivity (Wildman–Crippen MR) is 100 cm³/mol. The Morgan fingerprint density at radius 1 is 1.08 bits per heavy atom. The number of hydrogen-bond donors (Lipinski definition) is 2. The van der Waals surface area contributed by atoms with Gasteiger partial charge in [0, 0.05) is 29.0 Å². The number of H-pyrrole nitrogens is 1. The Morgan fingerprint density at radius 2 is 1.96 bits per heavy atom. The van der Waals surface area contributed by atoms with Gasteiger partial charge in [-0.2, -0.15) is 0 Å². The normalized spacial score (nSPS) is 10.8. The van der Waals surface area contributed by atoms with Crippen LogP contribution in [0.15, 0.2) is 77.9 Å². The number of nitrogens with zero attached hydrogens (tertiary/aromatic N) is 2. The summed E-state index contributed by atoms with van der Waals surface area (Å²) in [6.07, 6.45) is 3.15. The molecule has 1 amide bonds. The highest BCUT2D eigenvalue weighted by Crippen LogP contribution is 2.17. The van der Waals surface area contributed by atoms with Crippen molar-refractivity contribution in [2.45, 2.75) is 6.54 Å². The van der Waals surface area contributed by atoms with Crippen molar-refractivity contribution in [3.8, 4) is 0 Å². The average Bonchev–Trinajstić information content (AvgIpc) is 3.08. The van der Waals surface area contributed by atoms with E-state index in [-0.39, 0.29) is 11.6 Å². The molecular formula is C20H16N4O2. The van der Waals surface area contributed by atoms with Crippen molar-refractivity contribution in [1.82, 2.24) is 14.5 Å². The van der Waals surface area contributed by atoms with E-state index < -0.39 is 0 Å². The Hall–Kier alpha value is -3.67. The third kappa shape index (κ3) is 3.25. The molecule has 2 aromatic heterocycles. The molecule has 0 fully saturated rings. The summed E-state index contributed by atoms with van der Waals surface area (Å²) in [7, 11) is 0. The molecule has 0 aliphatic carbocycles. The summed E-state index contributed by atoms with van der Waals surface area (Å²) >= 11 is 0. The minimum Gasteiger partial charge on any atom is -0.351 e. The van der Waals surface area contributed by atoms with E-state index in [1.807, 2.05) is 54.6 Å². The molecule has 2 N–H and O–H groups in total. The van der Waals surface area contributed by atoms with E-state index in [4.69, 9.17) is 0 Å². The number of nitrogens with one attached hydrogen (secondary N) is 2. The van der Waals surface area contributed by atoms with Crippen molar-refractivity contribution in [2.75, 3.05) is 5.32 Å². The minimum atomic E-state index is -0.306. The summed E-state index contributed by atoms with van der Waals surface area (Å²) in [5.74, 6) is -0.211. The number of anilines is 1. The molecule has 4 aromatic rings. The smallest absolute Gasteiger partial charge is 0.347 e. The maximum Gasteiger partial charge on any atom is 0.347 e. The third-order valence-corrected chi connectivity index (χ3v) is 4.10. The van der Waals surface area contributed by atoms with Gasteiger partial charge in [0.2, 0.25) is 0 Å². The van der Waals surface area contributed by atoms with Gasteiger partial charge in [0.15, 0.2) is 0 Å². The van der Waals surface area contributed by atoms with E-state index in [2.05, 4.69) is 15.3 Å². The molecule has 2 heterocycles. The van der Waals surface area contributed by atoms with Gasteiger partial charge in [-0.05, 0) is 35.9 Å². The van der Waals surface area contributed by atoms with E-state index in [0.29, 0.717) is 17.9 Å². The van der Waals surface area contributed by atoms with Gasteiger partial charge >= 0.3 is 5.69 Å². The quantitative estimate of drug-likeness (QED) is 0.597. The summed E-state index contributed by atoms with van der Waals surface area (Å²) in [4.78, 5) is 31.1. The number of carbonyl (C=O) groups excluding carboxylic acids is 1. The van der Waals surface area contributed by atoms with E-state index in [1.165, 1.54) is 10.8 Å². The Morgan fingerprint density at radius 3 is 2.81 bits per heavy atom. The van der Waals surface area contributed by atoms with Crippen LogP contribution in [-0.2, 0) is 6.54 Å². The summed E-state index contributed by atoms with van der Waals surface area (Å²) < 4.78 is 1.51. The summed E-state index contributed by atoms with van der Waals surface area (Å²) in [6, 6.07) is 18.7. The fourth-order valence-corrected chi connectivity index (χ4v) is 2.85. The van der Waals surface area contributed by atoms with Crippen LogP contribution in [0.3, 0.4) is 0 Å². The van der Waals surface area contributed by atoms with Gasteiger partial charge in [0.1, 0.15) is 5.69 Å². The van der Waals surface area contributed by atoms with Gasteiger partial charge in [0.05, 0.1) is 6.54 Å². The first-order valence-corrected chi connectivity index (χ1v) is 8.18. The number of benzene rings is 2. The van der Waals surface area contributed by atoms with Crippen LogP contribution in [0.2, 0.25) is 0 Å². The molecule has 0 aliphatic heterocycles. The van der Waals surface area contributed by atoms with Crippen molar-refractivity contribution in [3.63, 3.8) is 0 Å². The van der Waals surface area contributed by atoms with E-state index in [0.717, 1.165) is 16.5 Å². The Kier molecular flexibility index (Phi) is 4.07. The number of amides is 1. The number of rotatable bonds is 4. The van der Waals surface area contributed by atoms with Crippen molar-refractivity contribution in [1.29, 1.82) is 0 Å². The van der Waals surface area contributed by atoms with Crippen LogP contribution >= 0.6 is 0 Å². The second kappa shape index (κ2) is 6.68. The fraction of sp³-hybridized carbons (Fsp3) is 0.0500. The van der Waals surface area contributed by atoms with E-state index in [1.54, 1.807) is 12.3 Å². The highest BCUT2D eigenvalue weighted by molar-refractivity contribution is 6.05. The summed E-state index contributed by atoms with van der Waals surface area (Å²) in [5, 5.41) is 3.88. The predicted octanol–water partition coefficient (Wildman–Crippen LogP) is 3.03. The maximum absolute atomic E-state index is 12.5. The lowest BCUT2D eigenvalue weighted by Gasteiger charge is -2.08. The van der Waals surface area contributed by atoms with Gasteiger partial charge in [0.25, 0.3) is 5.91 Å². The molecule has 0 spiro atoms. The molecule has 0 radical (unpaired) electrons. The molecule has 0 saturated heterocycles. The van der Waals surface area contributed by atoms with Crippen LogP contribution in [0.4, 0.5) is 5.69 Å². The monoisotopic (exact) mass is 344 g/mol. The lowest BCUT2D eigenvalue weighted by atomic mass is 10.2. The summed E-state index contributed by atoms with van der Waals surface area (Å²) in [5.41, 5.74) is 2.68. The topological polar surface area (TPSA) is 79.8 Å². The lowest BCUT2D eigenvalue weighted by Crippen LogP contribution is -2.22. The standard InChI is InChI=1S/C20H16N4O2/c25-19(18-12-15-6-1-2-8-17(15)23-18)22-16-7-3-5-14(11-16)13-24-10-4-9-21-20(24)26/h1-12,23H,13H2,(H,22,25). The van der Waals surface area contributed by atoms with Crippen LogP contribution < -0.4 is 11.0 Å². The SMILES string of the molecule is O=C(Nc1cccc(Cn2cccnc2=O)c1)c1cc2ccccc2[nH]1. The first-order chi connectivity index (χ1) is 12.7. The third-order valence-electron chi connectivity index (χ3n) is 4.10. The second-order valence-electron chi connectivity index (χ2n) is 5.95. The van der Waals surface area contributed by atoms with Gasteiger partial charge < -0.3 is 10.3 Å². The number of carbonyl (C=O) groups is 1. The number of hydrogen-bond acceptors (Lipinski definition) is 3. The number of para-hydroxylation sites is 1. The van der Waals surface area contributed by atoms with Crippen LogP contribution in [0.25, 0.3) is 10.9 Å². The maximum atomic E-state index is 12.5. The fourth-order valence-electron chi connectivity index (χ4n) is 2.85. The molecule has 0 unspecified atom stereocenters.